The van der Waals surface area contributed by atoms with Gasteiger partial charge in [0.05, 0.1) is 19.6 Å². The van der Waals surface area contributed by atoms with E-state index in [1.165, 1.54) is 7.11 Å². The summed E-state index contributed by atoms with van der Waals surface area (Å²) in [4.78, 5) is 19.0. The fraction of sp³-hybridized carbons (Fsp3) is 0.545. The van der Waals surface area contributed by atoms with Crippen molar-refractivity contribution in [2.45, 2.75) is 26.4 Å². The van der Waals surface area contributed by atoms with Crippen LogP contribution in [0.4, 0.5) is 5.95 Å². The maximum Gasteiger partial charge on any atom is 0.307 e. The van der Waals surface area contributed by atoms with Gasteiger partial charge in [-0.2, -0.15) is 4.98 Å². The number of hydrogen-bond acceptors (Lipinski definition) is 6. The molecule has 0 aliphatic carbocycles. The highest BCUT2D eigenvalue weighted by atomic mass is 16.5. The molecule has 1 rings (SSSR count). The molecule has 1 heterocycles. The van der Waals surface area contributed by atoms with Gasteiger partial charge >= 0.3 is 5.97 Å². The van der Waals surface area contributed by atoms with Crippen molar-refractivity contribution in [3.05, 3.63) is 12.3 Å². The quantitative estimate of drug-likeness (QED) is 0.753. The summed E-state index contributed by atoms with van der Waals surface area (Å²) in [6.45, 7) is 4.27. The Hall–Kier alpha value is -1.85. The lowest BCUT2D eigenvalue weighted by Crippen LogP contribution is -2.12. The summed E-state index contributed by atoms with van der Waals surface area (Å²) < 4.78 is 9.94. The Morgan fingerprint density at radius 3 is 2.94 bits per heavy atom. The summed E-state index contributed by atoms with van der Waals surface area (Å²) in [5.74, 6) is 0.676. The van der Waals surface area contributed by atoms with Gasteiger partial charge in [-0.1, -0.05) is 0 Å². The third-order valence-corrected chi connectivity index (χ3v) is 1.83. The fourth-order valence-electron chi connectivity index (χ4n) is 1.11. The lowest BCUT2D eigenvalue weighted by Gasteiger charge is -2.09. The van der Waals surface area contributed by atoms with E-state index in [1.807, 2.05) is 13.8 Å². The number of methoxy groups -OCH3 is 1. The van der Waals surface area contributed by atoms with Gasteiger partial charge in [-0.05, 0) is 13.8 Å². The van der Waals surface area contributed by atoms with Crippen LogP contribution in [-0.2, 0) is 9.53 Å². The fourth-order valence-corrected chi connectivity index (χ4v) is 1.11. The Labute approximate surface area is 100 Å². The van der Waals surface area contributed by atoms with Crippen LogP contribution in [0, 0.1) is 0 Å². The maximum atomic E-state index is 10.9. The number of anilines is 1. The van der Waals surface area contributed by atoms with Crippen molar-refractivity contribution in [2.24, 2.45) is 0 Å². The predicted molar refractivity (Wildman–Crippen MR) is 62.9 cm³/mol. The summed E-state index contributed by atoms with van der Waals surface area (Å²) >= 11 is 0. The lowest BCUT2D eigenvalue weighted by molar-refractivity contribution is -0.140. The molecule has 0 aliphatic heterocycles. The normalized spacial score (nSPS) is 10.1. The molecular formula is C11H17N3O3. The van der Waals surface area contributed by atoms with E-state index in [4.69, 9.17) is 4.74 Å². The lowest BCUT2D eigenvalue weighted by atomic mass is 10.4. The average Bonchev–Trinajstić information content (AvgIpc) is 2.28. The van der Waals surface area contributed by atoms with Crippen molar-refractivity contribution in [1.82, 2.24) is 9.97 Å². The number of esters is 1. The second-order valence-corrected chi connectivity index (χ2v) is 3.64. The molecule has 0 fully saturated rings. The van der Waals surface area contributed by atoms with E-state index in [-0.39, 0.29) is 18.5 Å². The van der Waals surface area contributed by atoms with Gasteiger partial charge in [0, 0.05) is 18.8 Å². The van der Waals surface area contributed by atoms with Crippen LogP contribution in [0.2, 0.25) is 0 Å². The number of ether oxygens (including phenoxy) is 2. The monoisotopic (exact) mass is 239 g/mol. The number of nitrogens with zero attached hydrogens (tertiary/aromatic N) is 2. The van der Waals surface area contributed by atoms with Crippen molar-refractivity contribution in [2.75, 3.05) is 19.0 Å². The van der Waals surface area contributed by atoms with Crippen molar-refractivity contribution in [1.29, 1.82) is 0 Å². The molecule has 94 valence electrons. The topological polar surface area (TPSA) is 73.3 Å². The standard InChI is InChI=1S/C11H17N3O3/c1-8(2)17-9-4-6-12-11(14-9)13-7-5-10(15)16-3/h4,6,8H,5,7H2,1-3H3,(H,12,13,14). The van der Waals surface area contributed by atoms with Crippen molar-refractivity contribution < 1.29 is 14.3 Å². The number of carbonyl (C=O) groups excluding carboxylic acids is 1. The van der Waals surface area contributed by atoms with E-state index in [0.717, 1.165) is 0 Å². The first-order chi connectivity index (χ1) is 8.11. The Balaban J connectivity index is 2.45. The van der Waals surface area contributed by atoms with Gasteiger partial charge in [-0.15, -0.1) is 0 Å². The SMILES string of the molecule is COC(=O)CCNc1nccc(OC(C)C)n1. The number of aromatic nitrogens is 2. The summed E-state index contributed by atoms with van der Waals surface area (Å²) in [7, 11) is 1.36. The zero-order chi connectivity index (χ0) is 12.7. The molecule has 0 bridgehead atoms. The number of carbonyl (C=O) groups is 1. The smallest absolute Gasteiger partial charge is 0.307 e. The van der Waals surface area contributed by atoms with E-state index in [2.05, 4.69) is 20.0 Å². The third kappa shape index (κ3) is 5.14. The summed E-state index contributed by atoms with van der Waals surface area (Å²) in [5, 5.41) is 2.92. The van der Waals surface area contributed by atoms with Crippen LogP contribution >= 0.6 is 0 Å². The van der Waals surface area contributed by atoms with Crippen LogP contribution in [0.15, 0.2) is 12.3 Å². The van der Waals surface area contributed by atoms with Crippen LogP contribution in [0.25, 0.3) is 0 Å². The second kappa shape index (κ2) is 6.67. The largest absolute Gasteiger partial charge is 0.475 e. The van der Waals surface area contributed by atoms with E-state index in [9.17, 15) is 4.79 Å². The van der Waals surface area contributed by atoms with Gasteiger partial charge in [0.25, 0.3) is 0 Å². The molecule has 1 aromatic heterocycles. The molecule has 0 radical (unpaired) electrons. The highest BCUT2D eigenvalue weighted by Crippen LogP contribution is 2.09. The first-order valence-electron chi connectivity index (χ1n) is 5.42. The molecule has 17 heavy (non-hydrogen) atoms. The average molecular weight is 239 g/mol. The van der Waals surface area contributed by atoms with Crippen molar-refractivity contribution in [3.63, 3.8) is 0 Å². The third-order valence-electron chi connectivity index (χ3n) is 1.83. The number of hydrogen-bond donors (Lipinski definition) is 1. The molecule has 1 N–H and O–H groups in total. The molecule has 0 unspecified atom stereocenters. The van der Waals surface area contributed by atoms with Gasteiger partial charge in [0.1, 0.15) is 0 Å². The van der Waals surface area contributed by atoms with E-state index < -0.39 is 0 Å². The van der Waals surface area contributed by atoms with Gasteiger partial charge in [0.2, 0.25) is 11.8 Å². The molecular weight excluding hydrogens is 222 g/mol. The molecule has 0 saturated heterocycles. The Morgan fingerprint density at radius 1 is 1.53 bits per heavy atom. The van der Waals surface area contributed by atoms with Gasteiger partial charge in [-0.3, -0.25) is 4.79 Å². The van der Waals surface area contributed by atoms with Crippen molar-refractivity contribution >= 4 is 11.9 Å². The minimum atomic E-state index is -0.271. The van der Waals surface area contributed by atoms with Crippen molar-refractivity contribution in [3.8, 4) is 5.88 Å². The summed E-state index contributed by atoms with van der Waals surface area (Å²) in [6.07, 6.45) is 1.94. The Morgan fingerprint density at radius 2 is 2.29 bits per heavy atom. The molecule has 0 spiro atoms. The molecule has 6 nitrogen and oxygen atoms in total. The molecule has 0 amide bonds. The first-order valence-corrected chi connectivity index (χ1v) is 5.42. The van der Waals surface area contributed by atoms with Gasteiger partial charge in [0.15, 0.2) is 0 Å². The highest BCUT2D eigenvalue weighted by Gasteiger charge is 2.03. The maximum absolute atomic E-state index is 10.9. The van der Waals surface area contributed by atoms with Crippen LogP contribution in [0.3, 0.4) is 0 Å². The molecule has 0 aromatic carbocycles. The summed E-state index contributed by atoms with van der Waals surface area (Å²) in [5.41, 5.74) is 0. The number of rotatable bonds is 6. The van der Waals surface area contributed by atoms with E-state index in [0.29, 0.717) is 18.4 Å². The van der Waals surface area contributed by atoms with Gasteiger partial charge in [-0.25, -0.2) is 4.98 Å². The Bertz CT molecular complexity index is 369. The van der Waals surface area contributed by atoms with E-state index >= 15 is 0 Å². The van der Waals surface area contributed by atoms with E-state index in [1.54, 1.807) is 12.3 Å². The van der Waals surface area contributed by atoms with Crippen LogP contribution in [-0.4, -0.2) is 35.7 Å². The molecule has 6 heteroatoms. The molecule has 0 aliphatic rings. The van der Waals surface area contributed by atoms with Gasteiger partial charge < -0.3 is 14.8 Å². The first kappa shape index (κ1) is 13.2. The molecule has 0 atom stereocenters. The van der Waals surface area contributed by atoms with Crippen LogP contribution < -0.4 is 10.1 Å². The highest BCUT2D eigenvalue weighted by molar-refractivity contribution is 5.69. The predicted octanol–water partition coefficient (Wildman–Crippen LogP) is 1.24. The minimum Gasteiger partial charge on any atom is -0.475 e. The van der Waals surface area contributed by atoms with Crippen LogP contribution in [0.5, 0.6) is 5.88 Å². The zero-order valence-electron chi connectivity index (χ0n) is 10.3. The second-order valence-electron chi connectivity index (χ2n) is 3.64. The van der Waals surface area contributed by atoms with Crippen LogP contribution in [0.1, 0.15) is 20.3 Å². The molecule has 1 aromatic rings. The number of nitrogens with one attached hydrogen (secondary N) is 1. The Kier molecular flexibility index (Phi) is 5.19. The zero-order valence-corrected chi connectivity index (χ0v) is 10.3. The summed E-state index contributed by atoms with van der Waals surface area (Å²) in [6, 6.07) is 1.69. The minimum absolute atomic E-state index is 0.0628. The molecule has 0 saturated carbocycles.